The molecule has 0 amide bonds. The Labute approximate surface area is 271 Å². The first-order valence-electron chi connectivity index (χ1n) is 18.5. The highest BCUT2D eigenvalue weighted by Gasteiger charge is 2.13. The third-order valence-corrected chi connectivity index (χ3v) is 11.5. The molecule has 0 bridgehead atoms. The lowest BCUT2D eigenvalue weighted by atomic mass is 10.0. The van der Waals surface area contributed by atoms with Crippen molar-refractivity contribution >= 4 is 28.7 Å². The van der Waals surface area contributed by atoms with Gasteiger partial charge in [0.15, 0.2) is 0 Å². The van der Waals surface area contributed by atoms with E-state index in [1.165, 1.54) is 186 Å². The van der Waals surface area contributed by atoms with Crippen LogP contribution in [-0.2, 0) is 12.8 Å². The van der Waals surface area contributed by atoms with Crippen LogP contribution in [0.2, 0.25) is 0 Å². The normalized spacial score (nSPS) is 11.8. The quantitative estimate of drug-likeness (QED) is 0.0838. The van der Waals surface area contributed by atoms with Crippen molar-refractivity contribution in [1.82, 2.24) is 0 Å². The summed E-state index contributed by atoms with van der Waals surface area (Å²) in [6.45, 7) is 9.12. The van der Waals surface area contributed by atoms with E-state index in [4.69, 9.17) is 0 Å². The summed E-state index contributed by atoms with van der Waals surface area (Å²) < 4.78 is 0. The molecule has 240 valence electrons. The average Bonchev–Trinajstić information content (AvgIpc) is 3.57. The molecular formula is C40H68S2. The summed E-state index contributed by atoms with van der Waals surface area (Å²) in [5.74, 6) is 0. The number of allylic oxidation sites excluding steroid dienone is 1. The third-order valence-electron chi connectivity index (χ3n) is 9.02. The van der Waals surface area contributed by atoms with Crippen molar-refractivity contribution < 1.29 is 0 Å². The molecule has 0 aromatic carbocycles. The highest BCUT2D eigenvalue weighted by molar-refractivity contribution is 7.22. The molecule has 0 saturated heterocycles. The first-order chi connectivity index (χ1) is 20.7. The number of aryl methyl sites for hydroxylation is 3. The Hall–Kier alpha value is -0.860. The van der Waals surface area contributed by atoms with Gasteiger partial charge in [0.05, 0.1) is 0 Å². The second-order valence-corrected chi connectivity index (χ2v) is 15.3. The van der Waals surface area contributed by atoms with Crippen LogP contribution in [0.1, 0.15) is 196 Å². The number of rotatable bonds is 28. The molecule has 2 aromatic rings. The Kier molecular flexibility index (Phi) is 22.6. The minimum absolute atomic E-state index is 1.24. The van der Waals surface area contributed by atoms with Gasteiger partial charge in [0.2, 0.25) is 0 Å². The van der Waals surface area contributed by atoms with Crippen molar-refractivity contribution in [1.29, 1.82) is 0 Å². The van der Waals surface area contributed by atoms with Gasteiger partial charge >= 0.3 is 0 Å². The van der Waals surface area contributed by atoms with E-state index in [1.54, 1.807) is 11.1 Å². The van der Waals surface area contributed by atoms with Crippen molar-refractivity contribution in [2.75, 3.05) is 0 Å². The Balaban J connectivity index is 1.64. The van der Waals surface area contributed by atoms with E-state index in [9.17, 15) is 0 Å². The summed E-state index contributed by atoms with van der Waals surface area (Å²) in [4.78, 5) is 6.02. The summed E-state index contributed by atoms with van der Waals surface area (Å²) in [7, 11) is 0. The van der Waals surface area contributed by atoms with E-state index < -0.39 is 0 Å². The van der Waals surface area contributed by atoms with E-state index >= 15 is 0 Å². The number of hydrogen-bond acceptors (Lipinski definition) is 2. The second-order valence-electron chi connectivity index (χ2n) is 13.0. The largest absolute Gasteiger partial charge is 0.139 e. The number of hydrogen-bond donors (Lipinski definition) is 0. The molecular weight excluding hydrogens is 545 g/mol. The van der Waals surface area contributed by atoms with Gasteiger partial charge in [-0.2, -0.15) is 0 Å². The number of unbranched alkanes of at least 4 members (excludes halogenated alkanes) is 22. The third kappa shape index (κ3) is 16.8. The van der Waals surface area contributed by atoms with Crippen LogP contribution in [-0.4, -0.2) is 0 Å². The average molecular weight is 613 g/mol. The summed E-state index contributed by atoms with van der Waals surface area (Å²) in [5, 5.41) is 0. The van der Waals surface area contributed by atoms with Gasteiger partial charge in [0.1, 0.15) is 0 Å². The summed E-state index contributed by atoms with van der Waals surface area (Å²) in [5.41, 5.74) is 3.18. The van der Waals surface area contributed by atoms with Crippen molar-refractivity contribution in [3.8, 4) is 9.75 Å². The smallest absolute Gasteiger partial charge is 0.0452 e. The number of thiophene rings is 2. The van der Waals surface area contributed by atoms with Gasteiger partial charge < -0.3 is 0 Å². The molecule has 2 heterocycles. The molecule has 0 nitrogen and oxygen atoms in total. The van der Waals surface area contributed by atoms with Crippen LogP contribution < -0.4 is 0 Å². The minimum Gasteiger partial charge on any atom is -0.139 e. The molecule has 0 saturated carbocycles. The van der Waals surface area contributed by atoms with Gasteiger partial charge in [0, 0.05) is 19.5 Å². The Morgan fingerprint density at radius 2 is 0.833 bits per heavy atom. The molecule has 0 radical (unpaired) electrons. The second kappa shape index (κ2) is 25.5. The molecule has 2 heteroatoms. The maximum absolute atomic E-state index is 2.53. The van der Waals surface area contributed by atoms with Crippen LogP contribution in [0, 0.1) is 6.92 Å². The van der Waals surface area contributed by atoms with Crippen molar-refractivity contribution in [3.63, 3.8) is 0 Å². The molecule has 0 aliphatic heterocycles. The lowest BCUT2D eigenvalue weighted by molar-refractivity contribution is 0.544. The van der Waals surface area contributed by atoms with Crippen LogP contribution >= 0.6 is 22.7 Å². The summed E-state index contributed by atoms with van der Waals surface area (Å²) in [6.07, 6.45) is 41.3. The van der Waals surface area contributed by atoms with Crippen molar-refractivity contribution in [2.24, 2.45) is 0 Å². The van der Waals surface area contributed by atoms with E-state index in [-0.39, 0.29) is 0 Å². The lowest BCUT2D eigenvalue weighted by Crippen LogP contribution is -1.87. The molecule has 0 spiro atoms. The minimum atomic E-state index is 1.24. The summed E-state index contributed by atoms with van der Waals surface area (Å²) in [6, 6.07) is 5.05. The zero-order chi connectivity index (χ0) is 30.1. The van der Waals surface area contributed by atoms with Crippen LogP contribution in [0.3, 0.4) is 0 Å². The van der Waals surface area contributed by atoms with Gasteiger partial charge in [-0.3, -0.25) is 0 Å². The zero-order valence-corrected chi connectivity index (χ0v) is 30.1. The highest BCUT2D eigenvalue weighted by atomic mass is 32.1. The van der Waals surface area contributed by atoms with E-state index in [1.807, 2.05) is 22.7 Å². The van der Waals surface area contributed by atoms with E-state index in [0.29, 0.717) is 0 Å². The zero-order valence-electron chi connectivity index (χ0n) is 28.5. The van der Waals surface area contributed by atoms with Crippen LogP contribution in [0.4, 0.5) is 0 Å². The molecule has 0 aliphatic rings. The molecule has 2 aromatic heterocycles. The summed E-state index contributed by atoms with van der Waals surface area (Å²) >= 11 is 4.04. The first kappa shape index (κ1) is 37.3. The van der Waals surface area contributed by atoms with E-state index in [0.717, 1.165) is 0 Å². The standard InChI is InChI=1S/C40H68S2/c1-5-8-10-12-14-16-18-20-22-24-26-28-31-36-33-39(41-35(36)4)40-34-37(38(42-40)30-7-3)32-29-27-25-23-21-19-17-15-13-11-9-6-2/h7,30,33-34H,5-6,8-29,31-32H2,1-4H3. The van der Waals surface area contributed by atoms with Gasteiger partial charge in [-0.05, 0) is 68.9 Å². The molecule has 42 heavy (non-hydrogen) atoms. The first-order valence-corrected chi connectivity index (χ1v) is 20.2. The molecule has 0 N–H and O–H groups in total. The highest BCUT2D eigenvalue weighted by Crippen LogP contribution is 2.39. The van der Waals surface area contributed by atoms with Crippen LogP contribution in [0.5, 0.6) is 0 Å². The Morgan fingerprint density at radius 3 is 1.26 bits per heavy atom. The lowest BCUT2D eigenvalue weighted by Gasteiger charge is -2.03. The molecule has 0 atom stereocenters. The maximum atomic E-state index is 2.53. The SMILES string of the molecule is CC=Cc1sc(-c2cc(CCCCCCCCCCCCCC)c(C)s2)cc1CCCCCCCCCCCCCC. The van der Waals surface area contributed by atoms with Gasteiger partial charge in [-0.25, -0.2) is 0 Å². The van der Waals surface area contributed by atoms with Crippen molar-refractivity contribution in [3.05, 3.63) is 39.1 Å². The molecule has 2 rings (SSSR count). The predicted molar refractivity (Wildman–Crippen MR) is 197 cm³/mol. The fourth-order valence-electron chi connectivity index (χ4n) is 6.25. The Morgan fingerprint density at radius 1 is 0.476 bits per heavy atom. The van der Waals surface area contributed by atoms with Crippen molar-refractivity contribution in [2.45, 2.75) is 195 Å². The van der Waals surface area contributed by atoms with Gasteiger partial charge in [0.25, 0.3) is 0 Å². The molecule has 0 unspecified atom stereocenters. The van der Waals surface area contributed by atoms with Gasteiger partial charge in [-0.1, -0.05) is 161 Å². The monoisotopic (exact) mass is 612 g/mol. The fourth-order valence-corrected chi connectivity index (χ4v) is 8.58. The van der Waals surface area contributed by atoms with E-state index in [2.05, 4.69) is 52.0 Å². The molecule has 0 aliphatic carbocycles. The van der Waals surface area contributed by atoms with Gasteiger partial charge in [-0.15, -0.1) is 22.7 Å². The van der Waals surface area contributed by atoms with Crippen LogP contribution in [0.15, 0.2) is 18.2 Å². The Bertz CT molecular complexity index is 914. The fraction of sp³-hybridized carbons (Fsp3) is 0.750. The maximum Gasteiger partial charge on any atom is 0.0452 e. The van der Waals surface area contributed by atoms with Crippen LogP contribution in [0.25, 0.3) is 15.8 Å². The predicted octanol–water partition coefficient (Wildman–Crippen LogP) is 15.3. The topological polar surface area (TPSA) is 0 Å². The molecule has 0 fully saturated rings.